The Balaban J connectivity index is 2.17. The molecule has 27 heavy (non-hydrogen) atoms. The zero-order chi connectivity index (χ0) is 20.0. The van der Waals surface area contributed by atoms with Crippen molar-refractivity contribution in [3.05, 3.63) is 55.1 Å². The van der Waals surface area contributed by atoms with Crippen LogP contribution in [0.4, 0.5) is 0 Å². The fourth-order valence-corrected chi connectivity index (χ4v) is 3.07. The molecular formula is C18H15Cl2IN2O4. The molecule has 0 fully saturated rings. The number of amides is 1. The van der Waals surface area contributed by atoms with E-state index in [1.54, 1.807) is 18.2 Å². The summed E-state index contributed by atoms with van der Waals surface area (Å²) in [6.07, 6.45) is 1.46. The van der Waals surface area contributed by atoms with E-state index in [4.69, 9.17) is 32.7 Å². The fraction of sp³-hybridized carbons (Fsp3) is 0.167. The van der Waals surface area contributed by atoms with Crippen molar-refractivity contribution in [2.75, 3.05) is 6.61 Å². The number of hydrazone groups is 1. The van der Waals surface area contributed by atoms with Crippen LogP contribution in [-0.2, 0) is 4.79 Å². The van der Waals surface area contributed by atoms with Crippen LogP contribution in [0.15, 0.2) is 35.4 Å². The van der Waals surface area contributed by atoms with Crippen LogP contribution in [0.2, 0.25) is 10.0 Å². The molecule has 0 aliphatic carbocycles. The van der Waals surface area contributed by atoms with Gasteiger partial charge >= 0.3 is 5.97 Å². The molecule has 0 spiro atoms. The molecule has 9 heteroatoms. The van der Waals surface area contributed by atoms with Crippen LogP contribution in [-0.4, -0.2) is 24.7 Å². The lowest BCUT2D eigenvalue weighted by Crippen LogP contribution is -2.17. The summed E-state index contributed by atoms with van der Waals surface area (Å²) in [6, 6.07) is 7.95. The molecule has 2 aromatic rings. The number of benzene rings is 2. The van der Waals surface area contributed by atoms with Gasteiger partial charge in [-0.2, -0.15) is 5.10 Å². The van der Waals surface area contributed by atoms with Crippen LogP contribution >= 0.6 is 45.8 Å². The highest BCUT2D eigenvalue weighted by Crippen LogP contribution is 2.34. The van der Waals surface area contributed by atoms with Crippen molar-refractivity contribution in [3.63, 3.8) is 0 Å². The third-order valence-electron chi connectivity index (χ3n) is 3.14. The molecule has 1 N–H and O–H groups in total. The highest BCUT2D eigenvalue weighted by atomic mass is 127. The molecule has 1 amide bonds. The van der Waals surface area contributed by atoms with Crippen LogP contribution < -0.4 is 14.9 Å². The lowest BCUT2D eigenvalue weighted by molar-refractivity contribution is -0.132. The molecule has 2 aromatic carbocycles. The average Bonchev–Trinajstić information content (AvgIpc) is 2.60. The van der Waals surface area contributed by atoms with E-state index >= 15 is 0 Å². The Hall–Kier alpha value is -1.84. The Morgan fingerprint density at radius 1 is 1.22 bits per heavy atom. The first-order valence-corrected chi connectivity index (χ1v) is 9.58. The Morgan fingerprint density at radius 3 is 2.59 bits per heavy atom. The maximum absolute atomic E-state index is 12.1. The first-order valence-electron chi connectivity index (χ1n) is 7.75. The molecule has 0 heterocycles. The summed E-state index contributed by atoms with van der Waals surface area (Å²) < 4.78 is 11.4. The summed E-state index contributed by atoms with van der Waals surface area (Å²) >= 11 is 13.8. The van der Waals surface area contributed by atoms with Gasteiger partial charge in [0.15, 0.2) is 11.5 Å². The van der Waals surface area contributed by atoms with E-state index in [-0.39, 0.29) is 5.02 Å². The second-order valence-corrected chi connectivity index (χ2v) is 7.16. The largest absolute Gasteiger partial charge is 0.490 e. The molecule has 0 saturated carbocycles. The molecule has 0 saturated heterocycles. The standard InChI is InChI=1S/C18H15Cl2IN2O4/c1-3-26-16-7-11(6-15(21)17(16)27-10(2)24)9-22-23-18(25)12-4-5-13(19)14(20)8-12/h4-9H,3H2,1-2H3,(H,23,25)/b22-9-. The minimum Gasteiger partial charge on any atom is -0.490 e. The van der Waals surface area contributed by atoms with Crippen molar-refractivity contribution in [1.82, 2.24) is 5.43 Å². The van der Waals surface area contributed by atoms with E-state index in [2.05, 4.69) is 10.5 Å². The van der Waals surface area contributed by atoms with Gasteiger partial charge in [0.25, 0.3) is 5.91 Å². The summed E-state index contributed by atoms with van der Waals surface area (Å²) in [4.78, 5) is 23.4. The number of esters is 1. The van der Waals surface area contributed by atoms with Crippen molar-refractivity contribution in [3.8, 4) is 11.5 Å². The monoisotopic (exact) mass is 520 g/mol. The first-order chi connectivity index (χ1) is 12.8. The van der Waals surface area contributed by atoms with Crippen molar-refractivity contribution in [2.24, 2.45) is 5.10 Å². The molecule has 2 rings (SSSR count). The third kappa shape index (κ3) is 6.08. The van der Waals surface area contributed by atoms with E-state index in [1.807, 2.05) is 29.5 Å². The summed E-state index contributed by atoms with van der Waals surface area (Å²) in [5, 5.41) is 4.58. The van der Waals surface area contributed by atoms with Crippen LogP contribution in [0, 0.1) is 3.57 Å². The Kier molecular flexibility index (Phi) is 7.88. The van der Waals surface area contributed by atoms with Crippen LogP contribution in [0.3, 0.4) is 0 Å². The molecular weight excluding hydrogens is 506 g/mol. The number of ether oxygens (including phenoxy) is 2. The number of nitrogens with one attached hydrogen (secondary N) is 1. The zero-order valence-corrected chi connectivity index (χ0v) is 18.1. The van der Waals surface area contributed by atoms with Crippen molar-refractivity contribution < 1.29 is 19.1 Å². The molecule has 142 valence electrons. The smallest absolute Gasteiger partial charge is 0.308 e. The van der Waals surface area contributed by atoms with E-state index < -0.39 is 11.9 Å². The molecule has 0 radical (unpaired) electrons. The average molecular weight is 521 g/mol. The van der Waals surface area contributed by atoms with Gasteiger partial charge in [-0.25, -0.2) is 5.43 Å². The number of hydrogen-bond donors (Lipinski definition) is 1. The summed E-state index contributed by atoms with van der Waals surface area (Å²) in [6.45, 7) is 3.54. The summed E-state index contributed by atoms with van der Waals surface area (Å²) in [5.41, 5.74) is 3.40. The highest BCUT2D eigenvalue weighted by molar-refractivity contribution is 14.1. The number of halogens is 3. The normalized spacial score (nSPS) is 10.7. The zero-order valence-electron chi connectivity index (χ0n) is 14.4. The lowest BCUT2D eigenvalue weighted by atomic mass is 10.2. The van der Waals surface area contributed by atoms with Crippen LogP contribution in [0.5, 0.6) is 11.5 Å². The van der Waals surface area contributed by atoms with Crippen molar-refractivity contribution >= 4 is 63.9 Å². The second kappa shape index (κ2) is 9.91. The van der Waals surface area contributed by atoms with E-state index in [1.165, 1.54) is 25.3 Å². The van der Waals surface area contributed by atoms with Crippen LogP contribution in [0.25, 0.3) is 0 Å². The highest BCUT2D eigenvalue weighted by Gasteiger charge is 2.14. The molecule has 0 atom stereocenters. The second-order valence-electron chi connectivity index (χ2n) is 5.18. The predicted molar refractivity (Wildman–Crippen MR) is 113 cm³/mol. The number of carbonyl (C=O) groups excluding carboxylic acids is 2. The SMILES string of the molecule is CCOc1cc(/C=N\NC(=O)c2ccc(Cl)c(Cl)c2)cc(I)c1OC(C)=O. The van der Waals surface area contributed by atoms with E-state index in [0.717, 1.165) is 0 Å². The minimum absolute atomic E-state index is 0.283. The molecule has 6 nitrogen and oxygen atoms in total. The van der Waals surface area contributed by atoms with Gasteiger partial charge in [-0.15, -0.1) is 0 Å². The lowest BCUT2D eigenvalue weighted by Gasteiger charge is -2.12. The number of carbonyl (C=O) groups is 2. The van der Waals surface area contributed by atoms with Crippen molar-refractivity contribution in [2.45, 2.75) is 13.8 Å². The van der Waals surface area contributed by atoms with Gasteiger partial charge in [0.2, 0.25) is 0 Å². The maximum Gasteiger partial charge on any atom is 0.308 e. The number of hydrogen-bond acceptors (Lipinski definition) is 5. The quantitative estimate of drug-likeness (QED) is 0.197. The Morgan fingerprint density at radius 2 is 1.96 bits per heavy atom. The predicted octanol–water partition coefficient (Wildman–Crippen LogP) is 4.69. The summed E-state index contributed by atoms with van der Waals surface area (Å²) in [7, 11) is 0. The minimum atomic E-state index is -0.441. The fourth-order valence-electron chi connectivity index (χ4n) is 2.04. The molecule has 0 aromatic heterocycles. The van der Waals surface area contributed by atoms with E-state index in [9.17, 15) is 9.59 Å². The number of rotatable bonds is 6. The Labute approximate surface area is 180 Å². The molecule has 0 aliphatic rings. The topological polar surface area (TPSA) is 77.0 Å². The third-order valence-corrected chi connectivity index (χ3v) is 4.68. The van der Waals surface area contributed by atoms with Gasteiger partial charge in [-0.05, 0) is 65.4 Å². The van der Waals surface area contributed by atoms with Crippen molar-refractivity contribution in [1.29, 1.82) is 0 Å². The first kappa shape index (κ1) is 21.5. The van der Waals surface area contributed by atoms with E-state index in [0.29, 0.717) is 37.8 Å². The Bertz CT molecular complexity index is 903. The van der Waals surface area contributed by atoms with Crippen LogP contribution in [0.1, 0.15) is 29.8 Å². The van der Waals surface area contributed by atoms with Gasteiger partial charge in [0, 0.05) is 12.5 Å². The molecule has 0 aliphatic heterocycles. The van der Waals surface area contributed by atoms with Gasteiger partial charge in [0.05, 0.1) is 26.4 Å². The molecule has 0 bridgehead atoms. The van der Waals surface area contributed by atoms with Gasteiger partial charge in [-0.1, -0.05) is 23.2 Å². The van der Waals surface area contributed by atoms with Gasteiger partial charge in [0.1, 0.15) is 0 Å². The number of nitrogens with zero attached hydrogens (tertiary/aromatic N) is 1. The maximum atomic E-state index is 12.1. The van der Waals surface area contributed by atoms with Gasteiger partial charge in [-0.3, -0.25) is 9.59 Å². The van der Waals surface area contributed by atoms with Gasteiger partial charge < -0.3 is 9.47 Å². The molecule has 0 unspecified atom stereocenters. The summed E-state index contributed by atoms with van der Waals surface area (Å²) in [5.74, 6) is -0.107.